The maximum Gasteiger partial charge on any atom is 0.337 e. The first-order valence-electron chi connectivity index (χ1n) is 11.8. The number of hydrogen-bond donors (Lipinski definition) is 1. The van der Waals surface area contributed by atoms with E-state index in [1.54, 1.807) is 19.1 Å². The molecule has 3 aliphatic rings. The first-order chi connectivity index (χ1) is 17.4. The smallest absolute Gasteiger partial charge is 0.337 e. The quantitative estimate of drug-likeness (QED) is 0.501. The highest BCUT2D eigenvalue weighted by molar-refractivity contribution is 6.12. The molecular weight excluding hydrogens is 462 g/mol. The normalized spacial score (nSPS) is 22.6. The van der Waals surface area contributed by atoms with E-state index in [0.717, 1.165) is 5.56 Å². The third kappa shape index (κ3) is 4.12. The second-order valence-electron chi connectivity index (χ2n) is 9.21. The molecule has 2 aliphatic heterocycles. The zero-order valence-corrected chi connectivity index (χ0v) is 20.3. The van der Waals surface area contributed by atoms with Gasteiger partial charge >= 0.3 is 11.9 Å². The molecule has 5 rings (SSSR count). The van der Waals surface area contributed by atoms with Gasteiger partial charge in [0.25, 0.3) is 0 Å². The lowest BCUT2D eigenvalue weighted by atomic mass is 9.69. The average molecular weight is 490 g/mol. The van der Waals surface area contributed by atoms with Crippen LogP contribution < -0.4 is 14.8 Å². The molecule has 2 heterocycles. The van der Waals surface area contributed by atoms with E-state index < -0.39 is 23.8 Å². The first-order valence-corrected chi connectivity index (χ1v) is 11.8. The molecule has 186 valence electrons. The van der Waals surface area contributed by atoms with E-state index in [2.05, 4.69) is 5.32 Å². The van der Waals surface area contributed by atoms with Crippen LogP contribution in [0.5, 0.6) is 11.5 Å². The van der Waals surface area contributed by atoms with Gasteiger partial charge in [0.2, 0.25) is 6.79 Å². The SMILES string of the molecule is COC(=O)[C@H]1C(=O)C2=C(C[C@H]1C)NC(C)=C(C(=O)OCc1ccccc1)[C@H]2c1ccc2c(c1)OCO2. The van der Waals surface area contributed by atoms with Gasteiger partial charge in [0, 0.05) is 22.9 Å². The molecule has 0 radical (unpaired) electrons. The molecule has 0 spiro atoms. The Hall–Kier alpha value is -4.07. The van der Waals surface area contributed by atoms with Crippen LogP contribution in [-0.2, 0) is 30.5 Å². The van der Waals surface area contributed by atoms with Crippen molar-refractivity contribution < 1.29 is 33.3 Å². The van der Waals surface area contributed by atoms with E-state index in [-0.39, 0.29) is 25.1 Å². The molecular formula is C28H27NO7. The number of fused-ring (bicyclic) bond motifs is 1. The largest absolute Gasteiger partial charge is 0.468 e. The number of ether oxygens (including phenoxy) is 4. The summed E-state index contributed by atoms with van der Waals surface area (Å²) in [5.74, 6) is -2.31. The molecule has 0 saturated carbocycles. The topological polar surface area (TPSA) is 100 Å². The molecule has 0 unspecified atom stereocenters. The van der Waals surface area contributed by atoms with Crippen molar-refractivity contribution in [3.05, 3.63) is 82.2 Å². The fourth-order valence-corrected chi connectivity index (χ4v) is 5.18. The Labute approximate surface area is 208 Å². The number of carbonyl (C=O) groups is 3. The molecule has 1 N–H and O–H groups in total. The standard InChI is InChI=1S/C28H27NO7/c1-15-11-19-25(26(30)22(15)27(31)33-3)24(18-9-10-20-21(12-18)36-14-35-20)23(16(2)29-19)28(32)34-13-17-7-5-4-6-8-17/h4-10,12,15,22,24,29H,11,13-14H2,1-3H3/t15-,22-,24-/m1/s1. The predicted molar refractivity (Wildman–Crippen MR) is 129 cm³/mol. The van der Waals surface area contributed by atoms with Crippen LogP contribution in [-0.4, -0.2) is 31.6 Å². The highest BCUT2D eigenvalue weighted by Gasteiger charge is 2.47. The molecule has 8 nitrogen and oxygen atoms in total. The number of nitrogens with one attached hydrogen (secondary N) is 1. The molecule has 0 saturated heterocycles. The third-order valence-electron chi connectivity index (χ3n) is 6.91. The van der Waals surface area contributed by atoms with Crippen LogP contribution in [0.3, 0.4) is 0 Å². The molecule has 0 aromatic heterocycles. The van der Waals surface area contributed by atoms with Crippen LogP contribution in [0.4, 0.5) is 0 Å². The van der Waals surface area contributed by atoms with Crippen molar-refractivity contribution >= 4 is 17.7 Å². The second kappa shape index (κ2) is 9.53. The maximum atomic E-state index is 13.8. The minimum atomic E-state index is -0.952. The monoisotopic (exact) mass is 489 g/mol. The molecule has 1 aliphatic carbocycles. The van der Waals surface area contributed by atoms with Gasteiger partial charge in [-0.2, -0.15) is 0 Å². The van der Waals surface area contributed by atoms with Gasteiger partial charge in [-0.05, 0) is 42.5 Å². The fourth-order valence-electron chi connectivity index (χ4n) is 5.18. The van der Waals surface area contributed by atoms with Crippen LogP contribution >= 0.6 is 0 Å². The zero-order chi connectivity index (χ0) is 25.4. The second-order valence-corrected chi connectivity index (χ2v) is 9.21. The number of methoxy groups -OCH3 is 1. The fraction of sp³-hybridized carbons (Fsp3) is 0.321. The number of carbonyl (C=O) groups excluding carboxylic acids is 3. The molecule has 0 amide bonds. The van der Waals surface area contributed by atoms with Gasteiger partial charge in [0.05, 0.1) is 12.7 Å². The van der Waals surface area contributed by atoms with E-state index in [4.69, 9.17) is 18.9 Å². The summed E-state index contributed by atoms with van der Waals surface area (Å²) in [4.78, 5) is 39.9. The number of hydrogen-bond acceptors (Lipinski definition) is 8. The van der Waals surface area contributed by atoms with Crippen molar-refractivity contribution in [3.8, 4) is 11.5 Å². The van der Waals surface area contributed by atoms with Crippen LogP contribution in [0.25, 0.3) is 0 Å². The van der Waals surface area contributed by atoms with Crippen molar-refractivity contribution in [3.63, 3.8) is 0 Å². The summed E-state index contributed by atoms with van der Waals surface area (Å²) in [5.41, 5.74) is 3.51. The number of ketones is 1. The third-order valence-corrected chi connectivity index (χ3v) is 6.91. The van der Waals surface area contributed by atoms with E-state index in [1.807, 2.05) is 43.3 Å². The predicted octanol–water partition coefficient (Wildman–Crippen LogP) is 3.77. The van der Waals surface area contributed by atoms with E-state index in [1.165, 1.54) is 7.11 Å². The summed E-state index contributed by atoms with van der Waals surface area (Å²) in [6, 6.07) is 14.7. The Bertz CT molecular complexity index is 1290. The molecule has 3 atom stereocenters. The summed E-state index contributed by atoms with van der Waals surface area (Å²) < 4.78 is 21.7. The number of dihydropyridines is 1. The Kier molecular flexibility index (Phi) is 6.26. The molecule has 8 heteroatoms. The Morgan fingerprint density at radius 3 is 2.58 bits per heavy atom. The summed E-state index contributed by atoms with van der Waals surface area (Å²) >= 11 is 0. The number of benzene rings is 2. The van der Waals surface area contributed by atoms with Crippen molar-refractivity contribution in [2.24, 2.45) is 11.8 Å². The highest BCUT2D eigenvalue weighted by atomic mass is 16.7. The van der Waals surface area contributed by atoms with Crippen LogP contribution in [0.2, 0.25) is 0 Å². The number of Topliss-reactive ketones (excluding diaryl/α,β-unsaturated/α-hetero) is 1. The van der Waals surface area contributed by atoms with E-state index in [9.17, 15) is 14.4 Å². The van der Waals surface area contributed by atoms with Crippen LogP contribution in [0.15, 0.2) is 71.1 Å². The van der Waals surface area contributed by atoms with E-state index >= 15 is 0 Å². The highest BCUT2D eigenvalue weighted by Crippen LogP contribution is 2.47. The summed E-state index contributed by atoms with van der Waals surface area (Å²) in [7, 11) is 1.27. The molecule has 2 aromatic carbocycles. The van der Waals surface area contributed by atoms with Crippen molar-refractivity contribution in [2.75, 3.05) is 13.9 Å². The zero-order valence-electron chi connectivity index (χ0n) is 20.3. The Balaban J connectivity index is 1.57. The average Bonchev–Trinajstić information content (AvgIpc) is 3.35. The lowest BCUT2D eigenvalue weighted by molar-refractivity contribution is -0.151. The van der Waals surface area contributed by atoms with Crippen molar-refractivity contribution in [2.45, 2.75) is 32.8 Å². The van der Waals surface area contributed by atoms with Gasteiger partial charge in [-0.25, -0.2) is 4.79 Å². The van der Waals surface area contributed by atoms with Crippen LogP contribution in [0, 0.1) is 11.8 Å². The Morgan fingerprint density at radius 1 is 1.08 bits per heavy atom. The minimum absolute atomic E-state index is 0.0893. The first kappa shape index (κ1) is 23.7. The number of allylic oxidation sites excluding steroid dienone is 3. The van der Waals surface area contributed by atoms with Crippen molar-refractivity contribution in [1.29, 1.82) is 0 Å². The van der Waals surface area contributed by atoms with Gasteiger partial charge in [-0.3, -0.25) is 9.59 Å². The summed E-state index contributed by atoms with van der Waals surface area (Å²) in [6.45, 7) is 3.83. The van der Waals surface area contributed by atoms with Gasteiger partial charge < -0.3 is 24.3 Å². The van der Waals surface area contributed by atoms with Gasteiger partial charge in [0.1, 0.15) is 12.5 Å². The molecule has 36 heavy (non-hydrogen) atoms. The van der Waals surface area contributed by atoms with Crippen LogP contribution in [0.1, 0.15) is 37.3 Å². The molecule has 0 bridgehead atoms. The number of rotatable bonds is 5. The maximum absolute atomic E-state index is 13.8. The lowest BCUT2D eigenvalue weighted by Gasteiger charge is -2.38. The minimum Gasteiger partial charge on any atom is -0.468 e. The van der Waals surface area contributed by atoms with Gasteiger partial charge in [-0.15, -0.1) is 0 Å². The van der Waals surface area contributed by atoms with Crippen molar-refractivity contribution in [1.82, 2.24) is 5.32 Å². The molecule has 2 aromatic rings. The van der Waals surface area contributed by atoms with E-state index in [0.29, 0.717) is 46.0 Å². The van der Waals surface area contributed by atoms with Gasteiger partial charge in [-0.1, -0.05) is 43.3 Å². The van der Waals surface area contributed by atoms with Gasteiger partial charge in [0.15, 0.2) is 17.3 Å². The number of esters is 2. The lowest BCUT2D eigenvalue weighted by Crippen LogP contribution is -2.43. The summed E-state index contributed by atoms with van der Waals surface area (Å²) in [5, 5.41) is 3.27. The summed E-state index contributed by atoms with van der Waals surface area (Å²) in [6.07, 6.45) is 0.464. The Morgan fingerprint density at radius 2 is 1.83 bits per heavy atom. The molecule has 0 fully saturated rings.